The number of nitrogens with zero attached hydrogens (tertiary/aromatic N) is 2. The summed E-state index contributed by atoms with van der Waals surface area (Å²) in [5.41, 5.74) is 3.19. The number of aromatic nitrogens is 1. The number of hydrogen-bond donors (Lipinski definition) is 0. The monoisotopic (exact) mass is 348 g/mol. The normalized spacial score (nSPS) is 11.9. The van der Waals surface area contributed by atoms with E-state index < -0.39 is 0 Å². The Labute approximate surface area is 143 Å². The summed E-state index contributed by atoms with van der Waals surface area (Å²) in [4.78, 5) is 5.68. The lowest BCUT2D eigenvalue weighted by atomic mass is 10.2. The predicted octanol–water partition coefficient (Wildman–Crippen LogP) is 5.78. The van der Waals surface area contributed by atoms with Gasteiger partial charge in [-0.1, -0.05) is 35.3 Å². The van der Waals surface area contributed by atoms with Crippen molar-refractivity contribution in [2.75, 3.05) is 0 Å². The summed E-state index contributed by atoms with van der Waals surface area (Å²) < 4.78 is 2.20. The third kappa shape index (κ3) is 3.27. The first-order valence-electron chi connectivity index (χ1n) is 6.92. The van der Waals surface area contributed by atoms with Crippen LogP contribution in [0.15, 0.2) is 58.9 Å². The van der Waals surface area contributed by atoms with Crippen LogP contribution in [0, 0.1) is 0 Å². The fourth-order valence-corrected chi connectivity index (χ4v) is 3.45. The molecule has 0 aliphatic carbocycles. The van der Waals surface area contributed by atoms with Crippen LogP contribution in [-0.4, -0.2) is 4.57 Å². The first kappa shape index (κ1) is 15.3. The van der Waals surface area contributed by atoms with Gasteiger partial charge in [0.15, 0.2) is 4.80 Å². The Morgan fingerprint density at radius 2 is 1.55 bits per heavy atom. The van der Waals surface area contributed by atoms with Crippen molar-refractivity contribution in [1.29, 1.82) is 0 Å². The van der Waals surface area contributed by atoms with E-state index in [1.54, 1.807) is 11.3 Å². The number of hydrogen-bond acceptors (Lipinski definition) is 2. The zero-order valence-electron chi connectivity index (χ0n) is 12.0. The number of rotatable bonds is 3. The fraction of sp³-hybridized carbons (Fsp3) is 0.118. The van der Waals surface area contributed by atoms with E-state index in [0.29, 0.717) is 0 Å². The third-order valence-corrected chi connectivity index (χ3v) is 4.67. The molecule has 0 fully saturated rings. The summed E-state index contributed by atoms with van der Waals surface area (Å²) in [6.45, 7) is 2.97. The maximum atomic E-state index is 5.96. The molecule has 0 aliphatic rings. The molecular weight excluding hydrogens is 335 g/mol. The van der Waals surface area contributed by atoms with Gasteiger partial charge in [-0.05, 0) is 48.9 Å². The van der Waals surface area contributed by atoms with Gasteiger partial charge in [-0.15, -0.1) is 11.3 Å². The average molecular weight is 349 g/mol. The van der Waals surface area contributed by atoms with Gasteiger partial charge in [-0.3, -0.25) is 0 Å². The van der Waals surface area contributed by atoms with Gasteiger partial charge in [-0.2, -0.15) is 0 Å². The van der Waals surface area contributed by atoms with Crippen LogP contribution in [0.5, 0.6) is 0 Å². The summed E-state index contributed by atoms with van der Waals surface area (Å²) >= 11 is 13.5. The molecule has 0 N–H and O–H groups in total. The van der Waals surface area contributed by atoms with Crippen molar-refractivity contribution >= 4 is 40.2 Å². The average Bonchev–Trinajstić information content (AvgIpc) is 2.93. The molecule has 0 spiro atoms. The van der Waals surface area contributed by atoms with Gasteiger partial charge in [0, 0.05) is 22.0 Å². The molecule has 0 atom stereocenters. The summed E-state index contributed by atoms with van der Waals surface area (Å²) in [7, 11) is 0. The quantitative estimate of drug-likeness (QED) is 0.571. The molecular formula is C17H14Cl2N2S. The maximum Gasteiger partial charge on any atom is 0.190 e. The molecule has 2 nitrogen and oxygen atoms in total. The molecule has 2 aromatic carbocycles. The van der Waals surface area contributed by atoms with E-state index in [2.05, 4.69) is 16.9 Å². The van der Waals surface area contributed by atoms with Gasteiger partial charge < -0.3 is 4.57 Å². The zero-order chi connectivity index (χ0) is 15.5. The van der Waals surface area contributed by atoms with Gasteiger partial charge in [0.1, 0.15) is 0 Å². The molecule has 0 saturated heterocycles. The van der Waals surface area contributed by atoms with Crippen molar-refractivity contribution in [3.8, 4) is 11.3 Å². The second-order valence-electron chi connectivity index (χ2n) is 4.74. The molecule has 3 rings (SSSR count). The van der Waals surface area contributed by atoms with E-state index in [0.717, 1.165) is 38.3 Å². The van der Waals surface area contributed by atoms with Crippen LogP contribution in [0.3, 0.4) is 0 Å². The lowest BCUT2D eigenvalue weighted by Gasteiger charge is -2.06. The van der Waals surface area contributed by atoms with E-state index in [-0.39, 0.29) is 0 Å². The molecule has 1 aromatic heterocycles. The molecule has 5 heteroatoms. The standard InChI is InChI=1S/C17H14Cl2N2S/c1-2-21-16(12-3-5-13(18)6-4-12)11-22-17(21)20-15-9-7-14(19)8-10-15/h3-11H,2H2,1H3. The van der Waals surface area contributed by atoms with Crippen LogP contribution >= 0.6 is 34.5 Å². The van der Waals surface area contributed by atoms with Crippen LogP contribution in [0.1, 0.15) is 6.92 Å². The van der Waals surface area contributed by atoms with Crippen molar-refractivity contribution in [3.63, 3.8) is 0 Å². The topological polar surface area (TPSA) is 17.3 Å². The van der Waals surface area contributed by atoms with Crippen LogP contribution in [0.2, 0.25) is 10.0 Å². The first-order valence-corrected chi connectivity index (χ1v) is 8.55. The van der Waals surface area contributed by atoms with Crippen molar-refractivity contribution < 1.29 is 0 Å². The molecule has 3 aromatic rings. The summed E-state index contributed by atoms with van der Waals surface area (Å²) in [5, 5.41) is 3.59. The Kier molecular flexibility index (Phi) is 4.67. The largest absolute Gasteiger partial charge is 0.317 e. The highest BCUT2D eigenvalue weighted by molar-refractivity contribution is 7.07. The second kappa shape index (κ2) is 6.69. The summed E-state index contributed by atoms with van der Waals surface area (Å²) in [6.07, 6.45) is 0. The van der Waals surface area contributed by atoms with E-state index in [1.807, 2.05) is 48.5 Å². The van der Waals surface area contributed by atoms with Crippen molar-refractivity contribution in [1.82, 2.24) is 4.57 Å². The molecule has 22 heavy (non-hydrogen) atoms. The fourth-order valence-electron chi connectivity index (χ4n) is 2.20. The van der Waals surface area contributed by atoms with Gasteiger partial charge >= 0.3 is 0 Å². The summed E-state index contributed by atoms with van der Waals surface area (Å²) in [5.74, 6) is 0. The van der Waals surface area contributed by atoms with Crippen LogP contribution in [0.25, 0.3) is 11.3 Å². The smallest absolute Gasteiger partial charge is 0.190 e. The van der Waals surface area contributed by atoms with E-state index >= 15 is 0 Å². The first-order chi connectivity index (χ1) is 10.7. The minimum atomic E-state index is 0.718. The van der Waals surface area contributed by atoms with Crippen molar-refractivity contribution in [3.05, 3.63) is 68.8 Å². The highest BCUT2D eigenvalue weighted by Crippen LogP contribution is 2.23. The van der Waals surface area contributed by atoms with Gasteiger partial charge in [0.2, 0.25) is 0 Å². The number of halogens is 2. The van der Waals surface area contributed by atoms with E-state index in [1.165, 1.54) is 0 Å². The van der Waals surface area contributed by atoms with Gasteiger partial charge in [0.25, 0.3) is 0 Å². The molecule has 0 aliphatic heterocycles. The highest BCUT2D eigenvalue weighted by Gasteiger charge is 2.06. The predicted molar refractivity (Wildman–Crippen MR) is 95.1 cm³/mol. The Hall–Kier alpha value is -1.55. The van der Waals surface area contributed by atoms with Gasteiger partial charge in [-0.25, -0.2) is 4.99 Å². The Morgan fingerprint density at radius 1 is 0.955 bits per heavy atom. The van der Waals surface area contributed by atoms with Gasteiger partial charge in [0.05, 0.1) is 11.4 Å². The number of benzene rings is 2. The van der Waals surface area contributed by atoms with Crippen LogP contribution < -0.4 is 4.80 Å². The number of thiazole rings is 1. The molecule has 0 amide bonds. The van der Waals surface area contributed by atoms with Crippen LogP contribution in [-0.2, 0) is 6.54 Å². The minimum absolute atomic E-state index is 0.718. The zero-order valence-corrected chi connectivity index (χ0v) is 14.3. The summed E-state index contributed by atoms with van der Waals surface area (Å²) in [6, 6.07) is 15.4. The Morgan fingerprint density at radius 3 is 2.14 bits per heavy atom. The SMILES string of the molecule is CCn1c(-c2ccc(Cl)cc2)csc1=Nc1ccc(Cl)cc1. The highest BCUT2D eigenvalue weighted by atomic mass is 35.5. The molecule has 0 radical (unpaired) electrons. The Bertz CT molecular complexity index is 830. The molecule has 0 bridgehead atoms. The van der Waals surface area contributed by atoms with Crippen LogP contribution in [0.4, 0.5) is 5.69 Å². The maximum absolute atomic E-state index is 5.96. The third-order valence-electron chi connectivity index (χ3n) is 3.31. The van der Waals surface area contributed by atoms with Crippen molar-refractivity contribution in [2.45, 2.75) is 13.5 Å². The Balaban J connectivity index is 2.07. The minimum Gasteiger partial charge on any atom is -0.317 e. The lowest BCUT2D eigenvalue weighted by Crippen LogP contribution is -2.14. The lowest BCUT2D eigenvalue weighted by molar-refractivity contribution is 0.745. The molecule has 0 saturated carbocycles. The molecule has 112 valence electrons. The molecule has 1 heterocycles. The van der Waals surface area contributed by atoms with Crippen molar-refractivity contribution in [2.24, 2.45) is 4.99 Å². The second-order valence-corrected chi connectivity index (χ2v) is 6.45. The molecule has 0 unspecified atom stereocenters. The van der Waals surface area contributed by atoms with E-state index in [4.69, 9.17) is 28.2 Å². The van der Waals surface area contributed by atoms with E-state index in [9.17, 15) is 0 Å².